The van der Waals surface area contributed by atoms with Gasteiger partial charge in [0.1, 0.15) is 5.75 Å². The third kappa shape index (κ3) is 3.41. The molecule has 5 heteroatoms. The van der Waals surface area contributed by atoms with E-state index in [1.165, 1.54) is 12.1 Å². The molecule has 0 radical (unpaired) electrons. The maximum Gasteiger partial charge on any atom is 0.501 e. The van der Waals surface area contributed by atoms with Crippen LogP contribution in [0.1, 0.15) is 30.9 Å². The summed E-state index contributed by atoms with van der Waals surface area (Å²) in [4.78, 5) is 10.3. The van der Waals surface area contributed by atoms with Crippen LogP contribution < -0.4 is 4.74 Å². The third-order valence-corrected chi connectivity index (χ3v) is 2.23. The SMILES string of the molecule is Cc1cc(OC(F)(F)C(=O)O)cc(C(C)C)c1. The van der Waals surface area contributed by atoms with E-state index in [2.05, 4.69) is 4.74 Å². The number of hydrogen-bond acceptors (Lipinski definition) is 2. The number of aliphatic carboxylic acids is 1. The van der Waals surface area contributed by atoms with Crippen LogP contribution in [-0.4, -0.2) is 17.2 Å². The quantitative estimate of drug-likeness (QED) is 0.884. The summed E-state index contributed by atoms with van der Waals surface area (Å²) in [6.07, 6.45) is -4.21. The third-order valence-electron chi connectivity index (χ3n) is 2.23. The number of hydrogen-bond donors (Lipinski definition) is 1. The standard InChI is InChI=1S/C12H14F2O3/c1-7(2)9-4-8(3)5-10(6-9)17-12(13,14)11(15)16/h4-7H,1-3H3,(H,15,16). The number of benzene rings is 1. The van der Waals surface area contributed by atoms with Crippen molar-refractivity contribution >= 4 is 5.97 Å². The first kappa shape index (κ1) is 13.4. The number of carboxylic acid groups (broad SMARTS) is 1. The van der Waals surface area contributed by atoms with E-state index >= 15 is 0 Å². The van der Waals surface area contributed by atoms with Crippen molar-refractivity contribution in [2.24, 2.45) is 0 Å². The Kier molecular flexibility index (Phi) is 3.70. The molecule has 1 aromatic carbocycles. The largest absolute Gasteiger partial charge is 0.501 e. The lowest BCUT2D eigenvalue weighted by Crippen LogP contribution is -2.34. The minimum atomic E-state index is -4.21. The topological polar surface area (TPSA) is 46.5 Å². The Hall–Kier alpha value is -1.65. The van der Waals surface area contributed by atoms with Crippen molar-refractivity contribution in [1.29, 1.82) is 0 Å². The van der Waals surface area contributed by atoms with Gasteiger partial charge in [0.05, 0.1) is 0 Å². The summed E-state index contributed by atoms with van der Waals surface area (Å²) in [5, 5.41) is 8.28. The molecule has 0 amide bonds. The lowest BCUT2D eigenvalue weighted by molar-refractivity contribution is -0.210. The van der Waals surface area contributed by atoms with Crippen LogP contribution in [-0.2, 0) is 4.79 Å². The van der Waals surface area contributed by atoms with Gasteiger partial charge in [0.2, 0.25) is 0 Å². The lowest BCUT2D eigenvalue weighted by Gasteiger charge is -2.15. The molecule has 1 aromatic rings. The average molecular weight is 244 g/mol. The van der Waals surface area contributed by atoms with E-state index in [1.54, 1.807) is 6.92 Å². The van der Waals surface area contributed by atoms with Gasteiger partial charge < -0.3 is 9.84 Å². The molecule has 1 N–H and O–H groups in total. The maximum absolute atomic E-state index is 12.9. The summed E-state index contributed by atoms with van der Waals surface area (Å²) in [5.74, 6) is -2.29. The monoisotopic (exact) mass is 244 g/mol. The molecule has 0 fully saturated rings. The van der Waals surface area contributed by atoms with E-state index in [9.17, 15) is 13.6 Å². The molecule has 0 spiro atoms. The normalized spacial score (nSPS) is 11.6. The molecule has 0 aromatic heterocycles. The Bertz CT molecular complexity index is 428. The molecule has 3 nitrogen and oxygen atoms in total. The summed E-state index contributed by atoms with van der Waals surface area (Å²) in [7, 11) is 0. The van der Waals surface area contributed by atoms with Crippen molar-refractivity contribution in [2.75, 3.05) is 0 Å². The van der Waals surface area contributed by atoms with E-state index in [0.29, 0.717) is 0 Å². The second-order valence-corrected chi connectivity index (χ2v) is 4.16. The zero-order valence-electron chi connectivity index (χ0n) is 9.83. The van der Waals surface area contributed by atoms with E-state index < -0.39 is 12.1 Å². The molecule has 1 rings (SSSR count). The number of halogens is 2. The van der Waals surface area contributed by atoms with Crippen molar-refractivity contribution in [3.05, 3.63) is 29.3 Å². The molecule has 0 aliphatic carbocycles. The van der Waals surface area contributed by atoms with Crippen LogP contribution in [0.5, 0.6) is 5.75 Å². The van der Waals surface area contributed by atoms with Crippen LogP contribution in [0, 0.1) is 6.92 Å². The maximum atomic E-state index is 12.9. The molecular formula is C12H14F2O3. The van der Waals surface area contributed by atoms with Gasteiger partial charge in [-0.15, -0.1) is 0 Å². The van der Waals surface area contributed by atoms with Crippen LogP contribution in [0.25, 0.3) is 0 Å². The van der Waals surface area contributed by atoms with Crippen LogP contribution >= 0.6 is 0 Å². The molecule has 0 aliphatic heterocycles. The Morgan fingerprint density at radius 2 is 1.94 bits per heavy atom. The number of ether oxygens (including phenoxy) is 1. The zero-order chi connectivity index (χ0) is 13.2. The highest BCUT2D eigenvalue weighted by molar-refractivity contribution is 5.73. The second-order valence-electron chi connectivity index (χ2n) is 4.16. The Morgan fingerprint density at radius 3 is 2.41 bits per heavy atom. The Balaban J connectivity index is 3.03. The Morgan fingerprint density at radius 1 is 1.35 bits per heavy atom. The summed E-state index contributed by atoms with van der Waals surface area (Å²) in [6, 6.07) is 4.65. The van der Waals surface area contributed by atoms with E-state index in [4.69, 9.17) is 5.11 Å². The van der Waals surface area contributed by atoms with E-state index in [1.807, 2.05) is 19.9 Å². The predicted molar refractivity (Wildman–Crippen MR) is 58.5 cm³/mol. The van der Waals surface area contributed by atoms with Crippen LogP contribution in [0.15, 0.2) is 18.2 Å². The number of rotatable bonds is 4. The molecule has 94 valence electrons. The van der Waals surface area contributed by atoms with Crippen molar-refractivity contribution in [2.45, 2.75) is 32.8 Å². The smallest absolute Gasteiger partial charge is 0.474 e. The summed E-state index contributed by atoms with van der Waals surface area (Å²) >= 11 is 0. The van der Waals surface area contributed by atoms with Gasteiger partial charge in [0, 0.05) is 0 Å². The number of alkyl halides is 2. The molecule has 0 bridgehead atoms. The molecule has 0 saturated heterocycles. The molecule has 0 unspecified atom stereocenters. The first-order valence-corrected chi connectivity index (χ1v) is 5.14. The van der Waals surface area contributed by atoms with Crippen LogP contribution in [0.2, 0.25) is 0 Å². The van der Waals surface area contributed by atoms with Crippen molar-refractivity contribution in [3.8, 4) is 5.75 Å². The van der Waals surface area contributed by atoms with Gasteiger partial charge in [-0.05, 0) is 36.1 Å². The first-order chi connectivity index (χ1) is 7.72. The molecule has 17 heavy (non-hydrogen) atoms. The highest BCUT2D eigenvalue weighted by Gasteiger charge is 2.42. The van der Waals surface area contributed by atoms with Gasteiger partial charge in [-0.3, -0.25) is 0 Å². The molecule has 0 atom stereocenters. The minimum Gasteiger partial charge on any atom is -0.474 e. The average Bonchev–Trinajstić information content (AvgIpc) is 2.15. The molecule has 0 saturated carbocycles. The summed E-state index contributed by atoms with van der Waals surface area (Å²) < 4.78 is 30.0. The van der Waals surface area contributed by atoms with Gasteiger partial charge in [0.25, 0.3) is 0 Å². The lowest BCUT2D eigenvalue weighted by atomic mass is 10.0. The van der Waals surface area contributed by atoms with E-state index in [0.717, 1.165) is 11.1 Å². The fraction of sp³-hybridized carbons (Fsp3) is 0.417. The predicted octanol–water partition coefficient (Wildman–Crippen LogP) is 3.17. The van der Waals surface area contributed by atoms with Gasteiger partial charge >= 0.3 is 12.1 Å². The summed E-state index contributed by atoms with van der Waals surface area (Å²) in [5.41, 5.74) is 1.56. The van der Waals surface area contributed by atoms with Gasteiger partial charge in [-0.1, -0.05) is 19.9 Å². The molecule has 0 aliphatic rings. The summed E-state index contributed by atoms with van der Waals surface area (Å²) in [6.45, 7) is 5.55. The molecular weight excluding hydrogens is 230 g/mol. The highest BCUT2D eigenvalue weighted by atomic mass is 19.3. The highest BCUT2D eigenvalue weighted by Crippen LogP contribution is 2.27. The van der Waals surface area contributed by atoms with Gasteiger partial charge in [-0.2, -0.15) is 8.78 Å². The van der Waals surface area contributed by atoms with Crippen molar-refractivity contribution in [3.63, 3.8) is 0 Å². The first-order valence-electron chi connectivity index (χ1n) is 5.14. The Labute approximate surface area is 98.0 Å². The van der Waals surface area contributed by atoms with Crippen molar-refractivity contribution in [1.82, 2.24) is 0 Å². The number of aryl methyl sites for hydroxylation is 1. The van der Waals surface area contributed by atoms with Gasteiger partial charge in [0.15, 0.2) is 0 Å². The number of carbonyl (C=O) groups is 1. The van der Waals surface area contributed by atoms with E-state index in [-0.39, 0.29) is 11.7 Å². The van der Waals surface area contributed by atoms with Crippen LogP contribution in [0.3, 0.4) is 0 Å². The zero-order valence-corrected chi connectivity index (χ0v) is 9.83. The van der Waals surface area contributed by atoms with Gasteiger partial charge in [-0.25, -0.2) is 4.79 Å². The molecule has 0 heterocycles. The fourth-order valence-electron chi connectivity index (χ4n) is 1.36. The minimum absolute atomic E-state index is 0.138. The van der Waals surface area contributed by atoms with Crippen molar-refractivity contribution < 1.29 is 23.4 Å². The number of carboxylic acids is 1. The van der Waals surface area contributed by atoms with Crippen LogP contribution in [0.4, 0.5) is 8.78 Å². The fourth-order valence-corrected chi connectivity index (χ4v) is 1.36. The second kappa shape index (κ2) is 4.69.